The third-order valence-corrected chi connectivity index (χ3v) is 2.86. The second kappa shape index (κ2) is 5.91. The van der Waals surface area contributed by atoms with Crippen LogP contribution in [-0.2, 0) is 0 Å². The lowest BCUT2D eigenvalue weighted by molar-refractivity contribution is -0.274. The van der Waals surface area contributed by atoms with E-state index in [0.717, 1.165) is 16.7 Å². The van der Waals surface area contributed by atoms with Crippen molar-refractivity contribution in [3.8, 4) is 22.6 Å². The lowest BCUT2D eigenvalue weighted by Gasteiger charge is -2.12. The van der Waals surface area contributed by atoms with Crippen molar-refractivity contribution < 1.29 is 22.6 Å². The average molecular weight is 294 g/mol. The number of hydrogen-bond donors (Lipinski definition) is 0. The Bertz CT molecular complexity index is 631. The van der Waals surface area contributed by atoms with Gasteiger partial charge in [0.25, 0.3) is 0 Å². The van der Waals surface area contributed by atoms with Gasteiger partial charge in [-0.15, -0.1) is 13.2 Å². The summed E-state index contributed by atoms with van der Waals surface area (Å²) in [6.07, 6.45) is -3.01. The Morgan fingerprint density at radius 1 is 1.05 bits per heavy atom. The molecular formula is C16H13F3O2. The van der Waals surface area contributed by atoms with Crippen LogP contribution < -0.4 is 9.47 Å². The predicted molar refractivity (Wildman–Crippen MR) is 75.2 cm³/mol. The van der Waals surface area contributed by atoms with Gasteiger partial charge in [-0.2, -0.15) is 0 Å². The second-order valence-electron chi connectivity index (χ2n) is 4.24. The molecule has 110 valence electrons. The SMILES string of the molecule is C=Cc1ccc(OC)c(-c2ccc(OC(F)(F)F)cc2)c1. The van der Waals surface area contributed by atoms with Gasteiger partial charge in [-0.05, 0) is 35.4 Å². The maximum Gasteiger partial charge on any atom is 0.573 e. The zero-order chi connectivity index (χ0) is 15.5. The van der Waals surface area contributed by atoms with E-state index in [9.17, 15) is 13.2 Å². The van der Waals surface area contributed by atoms with Crippen LogP contribution >= 0.6 is 0 Å². The number of benzene rings is 2. The summed E-state index contributed by atoms with van der Waals surface area (Å²) in [7, 11) is 1.54. The van der Waals surface area contributed by atoms with E-state index >= 15 is 0 Å². The van der Waals surface area contributed by atoms with E-state index in [-0.39, 0.29) is 5.75 Å². The van der Waals surface area contributed by atoms with Crippen molar-refractivity contribution in [3.63, 3.8) is 0 Å². The largest absolute Gasteiger partial charge is 0.573 e. The van der Waals surface area contributed by atoms with Crippen LogP contribution in [0.5, 0.6) is 11.5 Å². The number of methoxy groups -OCH3 is 1. The minimum absolute atomic E-state index is 0.259. The summed E-state index contributed by atoms with van der Waals surface area (Å²) in [5.41, 5.74) is 2.39. The highest BCUT2D eigenvalue weighted by molar-refractivity contribution is 5.73. The molecule has 0 aliphatic heterocycles. The van der Waals surface area contributed by atoms with Gasteiger partial charge in [-0.3, -0.25) is 0 Å². The van der Waals surface area contributed by atoms with Crippen molar-refractivity contribution in [3.05, 3.63) is 54.6 Å². The normalized spacial score (nSPS) is 11.0. The Balaban J connectivity index is 2.36. The zero-order valence-corrected chi connectivity index (χ0v) is 11.3. The van der Waals surface area contributed by atoms with E-state index < -0.39 is 6.36 Å². The van der Waals surface area contributed by atoms with Crippen molar-refractivity contribution >= 4 is 6.08 Å². The third kappa shape index (κ3) is 3.78. The molecule has 2 aromatic rings. The van der Waals surface area contributed by atoms with E-state index in [1.165, 1.54) is 19.2 Å². The van der Waals surface area contributed by atoms with E-state index in [4.69, 9.17) is 4.74 Å². The van der Waals surface area contributed by atoms with Gasteiger partial charge in [0.1, 0.15) is 11.5 Å². The monoisotopic (exact) mass is 294 g/mol. The Hall–Kier alpha value is -2.43. The molecule has 0 atom stereocenters. The second-order valence-corrected chi connectivity index (χ2v) is 4.24. The molecule has 0 fully saturated rings. The minimum atomic E-state index is -4.69. The number of ether oxygens (including phenoxy) is 2. The van der Waals surface area contributed by atoms with Crippen molar-refractivity contribution in [1.29, 1.82) is 0 Å². The van der Waals surface area contributed by atoms with Crippen molar-refractivity contribution in [2.24, 2.45) is 0 Å². The first-order valence-corrected chi connectivity index (χ1v) is 6.09. The fraction of sp³-hybridized carbons (Fsp3) is 0.125. The van der Waals surface area contributed by atoms with Crippen LogP contribution in [0.15, 0.2) is 49.0 Å². The molecule has 2 rings (SSSR count). The van der Waals surface area contributed by atoms with Gasteiger partial charge in [0.2, 0.25) is 0 Å². The molecule has 0 aliphatic carbocycles. The van der Waals surface area contributed by atoms with Crippen LogP contribution in [-0.4, -0.2) is 13.5 Å². The maximum atomic E-state index is 12.1. The Labute approximate surface area is 120 Å². The molecule has 0 bridgehead atoms. The first-order chi connectivity index (χ1) is 9.93. The predicted octanol–water partition coefficient (Wildman–Crippen LogP) is 4.90. The standard InChI is InChI=1S/C16H13F3O2/c1-3-11-4-9-15(20-2)14(10-11)12-5-7-13(8-6-12)21-16(17,18)19/h3-10H,1H2,2H3. The van der Waals surface area contributed by atoms with Crippen LogP contribution in [0.2, 0.25) is 0 Å². The number of rotatable bonds is 4. The van der Waals surface area contributed by atoms with E-state index in [0.29, 0.717) is 5.75 Å². The quantitative estimate of drug-likeness (QED) is 0.798. The molecule has 0 amide bonds. The summed E-state index contributed by atoms with van der Waals surface area (Å²) in [6.45, 7) is 3.69. The molecule has 0 radical (unpaired) electrons. The van der Waals surface area contributed by atoms with Crippen LogP contribution in [0.25, 0.3) is 17.2 Å². The smallest absolute Gasteiger partial charge is 0.496 e. The summed E-state index contributed by atoms with van der Waals surface area (Å²) < 4.78 is 45.5. The van der Waals surface area contributed by atoms with Crippen molar-refractivity contribution in [2.75, 3.05) is 7.11 Å². The summed E-state index contributed by atoms with van der Waals surface area (Å²) in [5.74, 6) is 0.371. The Kier molecular flexibility index (Phi) is 4.21. The van der Waals surface area contributed by atoms with Gasteiger partial charge in [-0.1, -0.05) is 30.9 Å². The highest BCUT2D eigenvalue weighted by Crippen LogP contribution is 2.33. The highest BCUT2D eigenvalue weighted by atomic mass is 19.4. The summed E-state index contributed by atoms with van der Waals surface area (Å²) in [4.78, 5) is 0. The van der Waals surface area contributed by atoms with E-state index in [1.807, 2.05) is 12.1 Å². The fourth-order valence-electron chi connectivity index (χ4n) is 1.91. The Morgan fingerprint density at radius 3 is 2.24 bits per heavy atom. The van der Waals surface area contributed by atoms with E-state index in [2.05, 4.69) is 11.3 Å². The van der Waals surface area contributed by atoms with Crippen LogP contribution in [0.4, 0.5) is 13.2 Å². The number of halogens is 3. The molecule has 5 heteroatoms. The highest BCUT2D eigenvalue weighted by Gasteiger charge is 2.30. The van der Waals surface area contributed by atoms with Gasteiger partial charge in [0.15, 0.2) is 0 Å². The molecule has 0 unspecified atom stereocenters. The van der Waals surface area contributed by atoms with Crippen LogP contribution in [0.3, 0.4) is 0 Å². The molecule has 0 aromatic heterocycles. The van der Waals surface area contributed by atoms with Crippen molar-refractivity contribution in [2.45, 2.75) is 6.36 Å². The first kappa shape index (κ1) is 15.0. The molecule has 0 spiro atoms. The molecule has 0 saturated carbocycles. The lowest BCUT2D eigenvalue weighted by Crippen LogP contribution is -2.16. The Morgan fingerprint density at radius 2 is 1.71 bits per heavy atom. The number of alkyl halides is 3. The van der Waals surface area contributed by atoms with Crippen LogP contribution in [0, 0.1) is 0 Å². The molecule has 0 saturated heterocycles. The maximum absolute atomic E-state index is 12.1. The average Bonchev–Trinajstić information content (AvgIpc) is 2.45. The van der Waals surface area contributed by atoms with E-state index in [1.54, 1.807) is 24.3 Å². The molecule has 2 nitrogen and oxygen atoms in total. The topological polar surface area (TPSA) is 18.5 Å². The molecule has 21 heavy (non-hydrogen) atoms. The minimum Gasteiger partial charge on any atom is -0.496 e. The van der Waals surface area contributed by atoms with Gasteiger partial charge in [0.05, 0.1) is 7.11 Å². The summed E-state index contributed by atoms with van der Waals surface area (Å²) in [5, 5.41) is 0. The molecule has 0 N–H and O–H groups in total. The van der Waals surface area contributed by atoms with Gasteiger partial charge < -0.3 is 9.47 Å². The fourth-order valence-corrected chi connectivity index (χ4v) is 1.91. The van der Waals surface area contributed by atoms with Gasteiger partial charge in [0, 0.05) is 5.56 Å². The van der Waals surface area contributed by atoms with Crippen molar-refractivity contribution in [1.82, 2.24) is 0 Å². The summed E-state index contributed by atoms with van der Waals surface area (Å²) >= 11 is 0. The lowest BCUT2D eigenvalue weighted by atomic mass is 10.0. The first-order valence-electron chi connectivity index (χ1n) is 6.09. The zero-order valence-electron chi connectivity index (χ0n) is 11.3. The number of hydrogen-bond acceptors (Lipinski definition) is 2. The van der Waals surface area contributed by atoms with Gasteiger partial charge in [-0.25, -0.2) is 0 Å². The molecule has 0 aliphatic rings. The third-order valence-electron chi connectivity index (χ3n) is 2.86. The molecule has 2 aromatic carbocycles. The van der Waals surface area contributed by atoms with Gasteiger partial charge >= 0.3 is 6.36 Å². The van der Waals surface area contributed by atoms with Crippen LogP contribution in [0.1, 0.15) is 5.56 Å². The summed E-state index contributed by atoms with van der Waals surface area (Å²) in [6, 6.07) is 11.1. The molecule has 0 heterocycles. The molecular weight excluding hydrogens is 281 g/mol.